The first-order valence-corrected chi connectivity index (χ1v) is 6.36. The van der Waals surface area contributed by atoms with Gasteiger partial charge < -0.3 is 4.74 Å². The van der Waals surface area contributed by atoms with E-state index in [0.29, 0.717) is 0 Å². The highest BCUT2D eigenvalue weighted by Gasteiger charge is 2.22. The minimum absolute atomic E-state index is 0.774. The van der Waals surface area contributed by atoms with Crippen LogP contribution in [-0.4, -0.2) is 21.5 Å². The largest absolute Gasteiger partial charge is 0.497 e. The first-order valence-electron chi connectivity index (χ1n) is 6.36. The van der Waals surface area contributed by atoms with Crippen LogP contribution < -0.4 is 4.74 Å². The topological polar surface area (TPSA) is 39.4 Å². The Balaban J connectivity index is 1.99. The molecule has 0 N–H and O–H groups in total. The second-order valence-corrected chi connectivity index (χ2v) is 4.72. The zero-order chi connectivity index (χ0) is 12.8. The zero-order valence-electron chi connectivity index (χ0n) is 10.6. The number of ether oxygens (including phenoxy) is 1. The number of aromatic nitrogens is 3. The number of fused-ring (bicyclic) bond motifs is 5. The van der Waals surface area contributed by atoms with Crippen LogP contribution in [0.1, 0.15) is 11.3 Å². The second kappa shape index (κ2) is 3.82. The molecule has 0 aliphatic heterocycles. The molecule has 2 heterocycles. The summed E-state index contributed by atoms with van der Waals surface area (Å²) in [5.41, 5.74) is 4.81. The number of nitrogens with zero attached hydrogens (tertiary/aromatic N) is 3. The van der Waals surface area contributed by atoms with Crippen molar-refractivity contribution in [2.24, 2.45) is 0 Å². The second-order valence-electron chi connectivity index (χ2n) is 4.72. The van der Waals surface area contributed by atoms with Crippen molar-refractivity contribution in [2.45, 2.75) is 12.8 Å². The van der Waals surface area contributed by atoms with Gasteiger partial charge in [-0.1, -0.05) is 0 Å². The molecule has 4 nitrogen and oxygen atoms in total. The van der Waals surface area contributed by atoms with Crippen molar-refractivity contribution in [2.75, 3.05) is 7.11 Å². The van der Waals surface area contributed by atoms with Gasteiger partial charge in [0.2, 0.25) is 5.78 Å². The van der Waals surface area contributed by atoms with Crippen LogP contribution in [0.3, 0.4) is 0 Å². The Kier molecular flexibility index (Phi) is 2.12. The van der Waals surface area contributed by atoms with Gasteiger partial charge in [0.1, 0.15) is 5.75 Å². The molecule has 1 aliphatic rings. The van der Waals surface area contributed by atoms with Gasteiger partial charge in [-0.15, -0.1) is 0 Å². The van der Waals surface area contributed by atoms with Crippen LogP contribution in [-0.2, 0) is 12.8 Å². The summed E-state index contributed by atoms with van der Waals surface area (Å²) in [6.07, 6.45) is 5.82. The zero-order valence-corrected chi connectivity index (χ0v) is 10.6. The lowest BCUT2D eigenvalue weighted by Gasteiger charge is -2.16. The van der Waals surface area contributed by atoms with E-state index in [-0.39, 0.29) is 0 Å². The smallest absolute Gasteiger partial charge is 0.234 e. The molecule has 94 valence electrons. The summed E-state index contributed by atoms with van der Waals surface area (Å²) in [6.45, 7) is 0. The minimum atomic E-state index is 0.774. The van der Waals surface area contributed by atoms with Crippen LogP contribution in [0, 0.1) is 0 Å². The predicted molar refractivity (Wildman–Crippen MR) is 72.4 cm³/mol. The molecule has 0 bridgehead atoms. The summed E-state index contributed by atoms with van der Waals surface area (Å²) >= 11 is 0. The third kappa shape index (κ3) is 1.46. The van der Waals surface area contributed by atoms with Gasteiger partial charge in [-0.05, 0) is 42.7 Å². The Morgan fingerprint density at radius 2 is 2.21 bits per heavy atom. The van der Waals surface area contributed by atoms with Gasteiger partial charge in [0, 0.05) is 18.0 Å². The minimum Gasteiger partial charge on any atom is -0.497 e. The van der Waals surface area contributed by atoms with Crippen LogP contribution in [0.15, 0.2) is 36.7 Å². The van der Waals surface area contributed by atoms with Crippen molar-refractivity contribution < 1.29 is 4.74 Å². The lowest BCUT2D eigenvalue weighted by atomic mass is 9.92. The van der Waals surface area contributed by atoms with Crippen molar-refractivity contribution in [3.8, 4) is 17.0 Å². The highest BCUT2D eigenvalue weighted by molar-refractivity contribution is 5.72. The van der Waals surface area contributed by atoms with Crippen LogP contribution in [0.5, 0.6) is 5.75 Å². The van der Waals surface area contributed by atoms with E-state index in [9.17, 15) is 0 Å². The number of hydrogen-bond donors (Lipinski definition) is 0. The summed E-state index contributed by atoms with van der Waals surface area (Å²) in [5.74, 6) is 1.68. The molecule has 0 radical (unpaired) electrons. The molecule has 1 aromatic carbocycles. The summed E-state index contributed by atoms with van der Waals surface area (Å²) < 4.78 is 7.38. The Morgan fingerprint density at radius 1 is 1.26 bits per heavy atom. The number of imidazole rings is 1. The number of hydrogen-bond acceptors (Lipinski definition) is 3. The molecule has 1 aliphatic carbocycles. The average molecular weight is 251 g/mol. The number of benzene rings is 1. The molecule has 2 aromatic heterocycles. The van der Waals surface area contributed by atoms with Gasteiger partial charge in [-0.3, -0.25) is 4.40 Å². The maximum absolute atomic E-state index is 5.29. The van der Waals surface area contributed by atoms with E-state index in [1.165, 1.54) is 16.8 Å². The van der Waals surface area contributed by atoms with E-state index in [1.807, 2.05) is 18.3 Å². The van der Waals surface area contributed by atoms with Crippen molar-refractivity contribution >= 4 is 5.78 Å². The molecular weight excluding hydrogens is 238 g/mol. The van der Waals surface area contributed by atoms with Gasteiger partial charge in [0.25, 0.3) is 0 Å². The van der Waals surface area contributed by atoms with Gasteiger partial charge in [0.15, 0.2) is 0 Å². The van der Waals surface area contributed by atoms with E-state index >= 15 is 0 Å². The molecule has 3 aromatic rings. The average Bonchev–Trinajstić information content (AvgIpc) is 2.85. The lowest BCUT2D eigenvalue weighted by Crippen LogP contribution is -2.05. The molecule has 4 heteroatoms. The summed E-state index contributed by atoms with van der Waals surface area (Å²) in [7, 11) is 1.70. The van der Waals surface area contributed by atoms with Gasteiger partial charge in [0.05, 0.1) is 18.5 Å². The number of rotatable bonds is 1. The highest BCUT2D eigenvalue weighted by Crippen LogP contribution is 2.34. The van der Waals surface area contributed by atoms with E-state index in [4.69, 9.17) is 4.74 Å². The van der Waals surface area contributed by atoms with E-state index in [1.54, 1.807) is 13.3 Å². The fraction of sp³-hybridized carbons (Fsp3) is 0.200. The van der Waals surface area contributed by atoms with Crippen molar-refractivity contribution in [1.29, 1.82) is 0 Å². The molecule has 0 amide bonds. The monoisotopic (exact) mass is 251 g/mol. The molecular formula is C15H13N3O. The molecule has 0 spiro atoms. The van der Waals surface area contributed by atoms with Crippen molar-refractivity contribution in [3.05, 3.63) is 47.9 Å². The maximum Gasteiger partial charge on any atom is 0.234 e. The molecule has 0 atom stereocenters. The van der Waals surface area contributed by atoms with E-state index < -0.39 is 0 Å². The van der Waals surface area contributed by atoms with Crippen LogP contribution in [0.2, 0.25) is 0 Å². The standard InChI is InChI=1S/C15H13N3O/c1-19-11-4-5-12-10(9-11)3-6-13-14(12)17-15-16-7-2-8-18(13)15/h2,4-5,7-9H,3,6H2,1H3. The van der Waals surface area contributed by atoms with E-state index in [2.05, 4.69) is 26.5 Å². The third-order valence-electron chi connectivity index (χ3n) is 3.70. The predicted octanol–water partition coefficient (Wildman–Crippen LogP) is 2.50. The van der Waals surface area contributed by atoms with Crippen LogP contribution in [0.25, 0.3) is 17.0 Å². The number of aryl methyl sites for hydroxylation is 2. The third-order valence-corrected chi connectivity index (χ3v) is 3.70. The Morgan fingerprint density at radius 3 is 3.11 bits per heavy atom. The van der Waals surface area contributed by atoms with Gasteiger partial charge >= 0.3 is 0 Å². The molecule has 19 heavy (non-hydrogen) atoms. The Hall–Kier alpha value is -2.36. The fourth-order valence-electron chi connectivity index (χ4n) is 2.78. The molecule has 0 saturated heterocycles. The van der Waals surface area contributed by atoms with E-state index in [0.717, 1.165) is 30.1 Å². The van der Waals surface area contributed by atoms with Gasteiger partial charge in [-0.2, -0.15) is 0 Å². The van der Waals surface area contributed by atoms with Crippen LogP contribution >= 0.6 is 0 Å². The molecule has 0 saturated carbocycles. The maximum atomic E-state index is 5.29. The molecule has 0 unspecified atom stereocenters. The highest BCUT2D eigenvalue weighted by atomic mass is 16.5. The van der Waals surface area contributed by atoms with Crippen molar-refractivity contribution in [1.82, 2.24) is 14.4 Å². The van der Waals surface area contributed by atoms with Crippen LogP contribution in [0.4, 0.5) is 0 Å². The summed E-state index contributed by atoms with van der Waals surface area (Å²) in [5, 5.41) is 0. The molecule has 4 rings (SSSR count). The quantitative estimate of drug-likeness (QED) is 0.667. The number of methoxy groups -OCH3 is 1. The van der Waals surface area contributed by atoms with Crippen molar-refractivity contribution in [3.63, 3.8) is 0 Å². The SMILES string of the molecule is COc1ccc2c(c1)CCc1c-2nc2ncccn12. The normalized spacial score (nSPS) is 13.1. The van der Waals surface area contributed by atoms with Gasteiger partial charge in [-0.25, -0.2) is 9.97 Å². The summed E-state index contributed by atoms with van der Waals surface area (Å²) in [4.78, 5) is 8.98. The first-order chi connectivity index (χ1) is 9.36. The Labute approximate surface area is 110 Å². The molecule has 0 fully saturated rings. The fourth-order valence-corrected chi connectivity index (χ4v) is 2.78. The Bertz CT molecular complexity index is 776. The lowest BCUT2D eigenvalue weighted by molar-refractivity contribution is 0.414. The summed E-state index contributed by atoms with van der Waals surface area (Å²) in [6, 6.07) is 8.14. The first kappa shape index (κ1) is 10.6.